The van der Waals surface area contributed by atoms with E-state index in [1.54, 1.807) is 0 Å². The van der Waals surface area contributed by atoms with Gasteiger partial charge in [-0.2, -0.15) is 5.10 Å². The van der Waals surface area contributed by atoms with E-state index in [9.17, 15) is 0 Å². The first kappa shape index (κ1) is 12.9. The van der Waals surface area contributed by atoms with E-state index in [0.29, 0.717) is 0 Å². The number of hydrogen-bond donors (Lipinski definition) is 2. The van der Waals surface area contributed by atoms with Crippen molar-refractivity contribution in [3.05, 3.63) is 41.9 Å². The molecule has 20 heavy (non-hydrogen) atoms. The van der Waals surface area contributed by atoms with Gasteiger partial charge in [0, 0.05) is 53.4 Å². The molecule has 1 aromatic carbocycles. The van der Waals surface area contributed by atoms with Crippen LogP contribution in [0.2, 0.25) is 0 Å². The maximum atomic E-state index is 4.45. The van der Waals surface area contributed by atoms with E-state index in [1.165, 1.54) is 33.4 Å². The summed E-state index contributed by atoms with van der Waals surface area (Å²) in [6.07, 6.45) is 2.95. The zero-order chi connectivity index (χ0) is 14.1. The smallest absolute Gasteiger partial charge is 0.0572 e. The molecule has 0 aliphatic heterocycles. The number of nitrogens with one attached hydrogen (secondary N) is 2. The van der Waals surface area contributed by atoms with Gasteiger partial charge < -0.3 is 10.3 Å². The van der Waals surface area contributed by atoms with Crippen molar-refractivity contribution in [2.75, 3.05) is 13.6 Å². The second-order valence-electron chi connectivity index (χ2n) is 5.15. The number of hydrogen-bond acceptors (Lipinski definition) is 2. The monoisotopic (exact) mass is 268 g/mol. The molecule has 0 aliphatic carbocycles. The third-order valence-corrected chi connectivity index (χ3v) is 3.84. The first-order chi connectivity index (χ1) is 9.72. The van der Waals surface area contributed by atoms with Gasteiger partial charge >= 0.3 is 0 Å². The van der Waals surface area contributed by atoms with Crippen LogP contribution in [0, 0.1) is 6.92 Å². The van der Waals surface area contributed by atoms with Crippen molar-refractivity contribution < 1.29 is 0 Å². The molecule has 2 aromatic heterocycles. The number of para-hydroxylation sites is 1. The summed E-state index contributed by atoms with van der Waals surface area (Å²) in [5.74, 6) is 0. The van der Waals surface area contributed by atoms with Crippen LogP contribution in [-0.2, 0) is 13.5 Å². The Morgan fingerprint density at radius 1 is 1.30 bits per heavy atom. The minimum atomic E-state index is 0.952. The fourth-order valence-electron chi connectivity index (χ4n) is 2.84. The van der Waals surface area contributed by atoms with Crippen molar-refractivity contribution in [3.63, 3.8) is 0 Å². The van der Waals surface area contributed by atoms with Gasteiger partial charge in [-0.3, -0.25) is 4.68 Å². The van der Waals surface area contributed by atoms with E-state index in [2.05, 4.69) is 46.6 Å². The zero-order valence-electron chi connectivity index (χ0n) is 12.2. The maximum Gasteiger partial charge on any atom is 0.0572 e. The average molecular weight is 268 g/mol. The molecule has 0 aliphatic rings. The van der Waals surface area contributed by atoms with Crippen molar-refractivity contribution in [2.45, 2.75) is 13.3 Å². The van der Waals surface area contributed by atoms with Gasteiger partial charge in [0.1, 0.15) is 0 Å². The van der Waals surface area contributed by atoms with Crippen molar-refractivity contribution in [1.29, 1.82) is 0 Å². The number of aromatic nitrogens is 3. The Morgan fingerprint density at radius 3 is 2.90 bits per heavy atom. The number of benzene rings is 1. The lowest BCUT2D eigenvalue weighted by Crippen LogP contribution is -2.13. The molecule has 4 nitrogen and oxygen atoms in total. The Kier molecular flexibility index (Phi) is 3.32. The van der Waals surface area contributed by atoms with Crippen molar-refractivity contribution in [1.82, 2.24) is 20.1 Å². The van der Waals surface area contributed by atoms with Crippen LogP contribution in [0.5, 0.6) is 0 Å². The Hall–Kier alpha value is -2.07. The highest BCUT2D eigenvalue weighted by Crippen LogP contribution is 2.34. The summed E-state index contributed by atoms with van der Waals surface area (Å²) < 4.78 is 1.98. The highest BCUT2D eigenvalue weighted by Gasteiger charge is 2.16. The SMILES string of the molecule is CNCCc1c(-c2c(C)[nH]c3ccccc23)cnn1C. The van der Waals surface area contributed by atoms with Gasteiger partial charge in [-0.25, -0.2) is 0 Å². The summed E-state index contributed by atoms with van der Waals surface area (Å²) in [4.78, 5) is 3.47. The predicted molar refractivity (Wildman–Crippen MR) is 82.9 cm³/mol. The molecule has 0 saturated carbocycles. The van der Waals surface area contributed by atoms with Crippen molar-refractivity contribution in [3.8, 4) is 11.1 Å². The summed E-state index contributed by atoms with van der Waals surface area (Å²) in [5, 5.41) is 8.92. The van der Waals surface area contributed by atoms with E-state index in [1.807, 2.05) is 25.0 Å². The quantitative estimate of drug-likeness (QED) is 0.764. The van der Waals surface area contributed by atoms with E-state index < -0.39 is 0 Å². The van der Waals surface area contributed by atoms with Crippen LogP contribution >= 0.6 is 0 Å². The van der Waals surface area contributed by atoms with Crippen LogP contribution in [0.3, 0.4) is 0 Å². The van der Waals surface area contributed by atoms with Crippen molar-refractivity contribution >= 4 is 10.9 Å². The Bertz CT molecular complexity index is 736. The summed E-state index contributed by atoms with van der Waals surface area (Å²) in [6.45, 7) is 3.08. The van der Waals surface area contributed by atoms with Crippen molar-refractivity contribution in [2.24, 2.45) is 7.05 Å². The Morgan fingerprint density at radius 2 is 2.10 bits per heavy atom. The lowest BCUT2D eigenvalue weighted by atomic mass is 10.0. The standard InChI is InChI=1S/C16H20N4/c1-11-16(12-6-4-5-7-14(12)19-11)13-10-18-20(3)15(13)8-9-17-2/h4-7,10,17,19H,8-9H2,1-3H3. The lowest BCUT2D eigenvalue weighted by molar-refractivity contribution is 0.682. The largest absolute Gasteiger partial charge is 0.358 e. The van der Waals surface area contributed by atoms with Gasteiger partial charge in [0.05, 0.1) is 6.20 Å². The number of aryl methyl sites for hydroxylation is 2. The average Bonchev–Trinajstić information content (AvgIpc) is 2.96. The molecule has 0 amide bonds. The summed E-state index contributed by atoms with van der Waals surface area (Å²) >= 11 is 0. The summed E-state index contributed by atoms with van der Waals surface area (Å²) in [5.41, 5.74) is 6.16. The van der Waals surface area contributed by atoms with Crippen LogP contribution in [0.1, 0.15) is 11.4 Å². The van der Waals surface area contributed by atoms with Crippen LogP contribution in [-0.4, -0.2) is 28.4 Å². The molecule has 0 bridgehead atoms. The van der Waals surface area contributed by atoms with Crippen LogP contribution in [0.15, 0.2) is 30.5 Å². The summed E-state index contributed by atoms with van der Waals surface area (Å²) in [7, 11) is 3.99. The fourth-order valence-corrected chi connectivity index (χ4v) is 2.84. The maximum absolute atomic E-state index is 4.45. The van der Waals surface area contributed by atoms with Crippen LogP contribution in [0.4, 0.5) is 0 Å². The molecule has 0 spiro atoms. The van der Waals surface area contributed by atoms with Gasteiger partial charge in [-0.1, -0.05) is 18.2 Å². The normalized spacial score (nSPS) is 11.3. The highest BCUT2D eigenvalue weighted by molar-refractivity contribution is 5.97. The Labute approximate surface area is 118 Å². The predicted octanol–water partition coefficient (Wildman–Crippen LogP) is 2.64. The van der Waals surface area contributed by atoms with Crippen LogP contribution in [0.25, 0.3) is 22.0 Å². The molecule has 0 fully saturated rings. The molecular formula is C16H20N4. The van der Waals surface area contributed by atoms with E-state index in [4.69, 9.17) is 0 Å². The van der Waals surface area contributed by atoms with Gasteiger partial charge in [0.2, 0.25) is 0 Å². The number of H-pyrrole nitrogens is 1. The van der Waals surface area contributed by atoms with Crippen LogP contribution < -0.4 is 5.32 Å². The minimum absolute atomic E-state index is 0.952. The van der Waals surface area contributed by atoms with E-state index >= 15 is 0 Å². The second-order valence-corrected chi connectivity index (χ2v) is 5.15. The fraction of sp³-hybridized carbons (Fsp3) is 0.312. The van der Waals surface area contributed by atoms with E-state index in [0.717, 1.165) is 13.0 Å². The molecular weight excluding hydrogens is 248 g/mol. The topological polar surface area (TPSA) is 45.6 Å². The number of rotatable bonds is 4. The number of likely N-dealkylation sites (N-methyl/N-ethyl adjacent to an activating group) is 1. The number of fused-ring (bicyclic) bond motifs is 1. The lowest BCUT2D eigenvalue weighted by Gasteiger charge is -2.06. The molecule has 2 heterocycles. The highest BCUT2D eigenvalue weighted by atomic mass is 15.3. The molecule has 0 unspecified atom stereocenters. The molecule has 0 saturated heterocycles. The second kappa shape index (κ2) is 5.13. The van der Waals surface area contributed by atoms with Gasteiger partial charge in [-0.05, 0) is 20.0 Å². The molecule has 104 valence electrons. The molecule has 0 radical (unpaired) electrons. The van der Waals surface area contributed by atoms with Gasteiger partial charge in [-0.15, -0.1) is 0 Å². The number of nitrogens with zero attached hydrogens (tertiary/aromatic N) is 2. The molecule has 2 N–H and O–H groups in total. The van der Waals surface area contributed by atoms with Gasteiger partial charge in [0.15, 0.2) is 0 Å². The molecule has 3 rings (SSSR count). The first-order valence-corrected chi connectivity index (χ1v) is 6.95. The molecule has 4 heteroatoms. The summed E-state index contributed by atoms with van der Waals surface area (Å²) in [6, 6.07) is 8.44. The minimum Gasteiger partial charge on any atom is -0.358 e. The molecule has 0 atom stereocenters. The molecule has 3 aromatic rings. The third kappa shape index (κ3) is 2.02. The Balaban J connectivity index is 2.18. The van der Waals surface area contributed by atoms with Gasteiger partial charge in [0.25, 0.3) is 0 Å². The third-order valence-electron chi connectivity index (χ3n) is 3.84. The number of aromatic amines is 1. The first-order valence-electron chi connectivity index (χ1n) is 6.95. The van der Waals surface area contributed by atoms with E-state index in [-0.39, 0.29) is 0 Å². The zero-order valence-corrected chi connectivity index (χ0v) is 12.2.